The number of carbonyl (C=O) groups is 1. The first-order valence-corrected chi connectivity index (χ1v) is 7.22. The standard InChI is InChI=1S/C13H25BrO2S/c1-7-13(6,17)8-11(2,3)9-16-10(15)12(4,5)14/h17H,7-9H2,1-6H3. The Balaban J connectivity index is 4.33. The fourth-order valence-electron chi connectivity index (χ4n) is 1.64. The summed E-state index contributed by atoms with van der Waals surface area (Å²) in [5.41, 5.74) is -0.0551. The molecule has 0 aromatic carbocycles. The zero-order valence-electron chi connectivity index (χ0n) is 11.8. The highest BCUT2D eigenvalue weighted by Gasteiger charge is 2.32. The smallest absolute Gasteiger partial charge is 0.322 e. The lowest BCUT2D eigenvalue weighted by Gasteiger charge is -2.33. The van der Waals surface area contributed by atoms with Gasteiger partial charge < -0.3 is 4.74 Å². The van der Waals surface area contributed by atoms with Crippen LogP contribution >= 0.6 is 28.6 Å². The second kappa shape index (κ2) is 5.96. The summed E-state index contributed by atoms with van der Waals surface area (Å²) >= 11 is 7.93. The number of alkyl halides is 1. The molecule has 0 bridgehead atoms. The van der Waals surface area contributed by atoms with Crippen molar-refractivity contribution in [1.82, 2.24) is 0 Å². The van der Waals surface area contributed by atoms with E-state index in [1.54, 1.807) is 13.8 Å². The summed E-state index contributed by atoms with van der Waals surface area (Å²) in [6, 6.07) is 0. The van der Waals surface area contributed by atoms with Crippen LogP contribution in [0.3, 0.4) is 0 Å². The van der Waals surface area contributed by atoms with Crippen LogP contribution < -0.4 is 0 Å². The summed E-state index contributed by atoms with van der Waals surface area (Å²) in [5, 5.41) is 0. The molecular weight excluding hydrogens is 300 g/mol. The predicted molar refractivity (Wildman–Crippen MR) is 80.0 cm³/mol. The number of esters is 1. The van der Waals surface area contributed by atoms with Crippen molar-refractivity contribution in [3.63, 3.8) is 0 Å². The van der Waals surface area contributed by atoms with Gasteiger partial charge in [0.2, 0.25) is 0 Å². The van der Waals surface area contributed by atoms with Crippen LogP contribution in [-0.2, 0) is 9.53 Å². The lowest BCUT2D eigenvalue weighted by atomic mass is 9.82. The summed E-state index contributed by atoms with van der Waals surface area (Å²) in [4.78, 5) is 11.7. The molecular formula is C13H25BrO2S. The van der Waals surface area contributed by atoms with Crippen molar-refractivity contribution in [2.75, 3.05) is 6.61 Å². The van der Waals surface area contributed by atoms with Gasteiger partial charge in [-0.2, -0.15) is 12.6 Å². The molecule has 4 heteroatoms. The maximum Gasteiger partial charge on any atom is 0.322 e. The Morgan fingerprint density at radius 2 is 1.71 bits per heavy atom. The zero-order chi connectivity index (χ0) is 13.9. The Morgan fingerprint density at radius 3 is 2.06 bits per heavy atom. The van der Waals surface area contributed by atoms with Crippen molar-refractivity contribution in [3.8, 4) is 0 Å². The van der Waals surface area contributed by atoms with E-state index in [9.17, 15) is 4.79 Å². The lowest BCUT2D eigenvalue weighted by molar-refractivity contribution is -0.148. The molecule has 0 heterocycles. The Bertz CT molecular complexity index is 267. The number of halogens is 1. The van der Waals surface area contributed by atoms with E-state index in [2.05, 4.69) is 56.3 Å². The molecule has 0 saturated carbocycles. The topological polar surface area (TPSA) is 26.3 Å². The third-order valence-electron chi connectivity index (χ3n) is 2.70. The van der Waals surface area contributed by atoms with Crippen molar-refractivity contribution in [2.45, 2.75) is 63.5 Å². The van der Waals surface area contributed by atoms with E-state index >= 15 is 0 Å². The molecule has 1 unspecified atom stereocenters. The van der Waals surface area contributed by atoms with Crippen molar-refractivity contribution in [2.24, 2.45) is 5.41 Å². The van der Waals surface area contributed by atoms with Gasteiger partial charge in [-0.3, -0.25) is 4.79 Å². The molecule has 0 aliphatic rings. The highest BCUT2D eigenvalue weighted by atomic mass is 79.9. The van der Waals surface area contributed by atoms with Crippen LogP contribution in [0.4, 0.5) is 0 Å². The molecule has 0 aliphatic heterocycles. The molecule has 1 atom stereocenters. The first kappa shape index (κ1) is 17.3. The van der Waals surface area contributed by atoms with Crippen molar-refractivity contribution < 1.29 is 9.53 Å². The van der Waals surface area contributed by atoms with Gasteiger partial charge in [0.25, 0.3) is 0 Å². The monoisotopic (exact) mass is 324 g/mol. The van der Waals surface area contributed by atoms with E-state index in [1.807, 2.05) is 0 Å². The van der Waals surface area contributed by atoms with Crippen LogP contribution in [-0.4, -0.2) is 21.6 Å². The molecule has 17 heavy (non-hydrogen) atoms. The third kappa shape index (κ3) is 7.35. The molecule has 0 aromatic rings. The molecule has 0 aliphatic carbocycles. The van der Waals surface area contributed by atoms with Crippen LogP contribution in [0.1, 0.15) is 54.4 Å². The highest BCUT2D eigenvalue weighted by molar-refractivity contribution is 9.10. The van der Waals surface area contributed by atoms with Crippen molar-refractivity contribution >= 4 is 34.5 Å². The summed E-state index contributed by atoms with van der Waals surface area (Å²) < 4.78 is 4.71. The van der Waals surface area contributed by atoms with Crippen LogP contribution in [0, 0.1) is 5.41 Å². The van der Waals surface area contributed by atoms with Crippen molar-refractivity contribution in [1.29, 1.82) is 0 Å². The number of ether oxygens (including phenoxy) is 1. The lowest BCUT2D eigenvalue weighted by Crippen LogP contribution is -2.34. The summed E-state index contributed by atoms with van der Waals surface area (Å²) in [5.74, 6) is -0.219. The maximum absolute atomic E-state index is 11.7. The average Bonchev–Trinajstić information content (AvgIpc) is 2.11. The van der Waals surface area contributed by atoms with Crippen LogP contribution in [0.2, 0.25) is 0 Å². The molecule has 0 fully saturated rings. The molecule has 0 spiro atoms. The fourth-order valence-corrected chi connectivity index (χ4v) is 2.18. The van der Waals surface area contributed by atoms with E-state index in [4.69, 9.17) is 4.74 Å². The predicted octanol–water partition coefficient (Wildman–Crippen LogP) is 4.22. The van der Waals surface area contributed by atoms with Crippen molar-refractivity contribution in [3.05, 3.63) is 0 Å². The molecule has 0 N–H and O–H groups in total. The minimum atomic E-state index is -0.613. The summed E-state index contributed by atoms with van der Waals surface area (Å²) in [7, 11) is 0. The van der Waals surface area contributed by atoms with Gasteiger partial charge in [-0.15, -0.1) is 0 Å². The molecule has 102 valence electrons. The van der Waals surface area contributed by atoms with E-state index in [0.717, 1.165) is 12.8 Å². The Kier molecular flexibility index (Phi) is 6.07. The number of carbonyl (C=O) groups excluding carboxylic acids is 1. The van der Waals surface area contributed by atoms with Gasteiger partial charge in [-0.1, -0.05) is 43.6 Å². The third-order valence-corrected chi connectivity index (χ3v) is 3.50. The fraction of sp³-hybridized carbons (Fsp3) is 0.923. The normalized spacial score (nSPS) is 16.5. The van der Waals surface area contributed by atoms with Gasteiger partial charge in [0.15, 0.2) is 0 Å². The van der Waals surface area contributed by atoms with E-state index < -0.39 is 4.32 Å². The summed E-state index contributed by atoms with van der Waals surface area (Å²) in [6.07, 6.45) is 1.91. The van der Waals surface area contributed by atoms with Gasteiger partial charge >= 0.3 is 5.97 Å². The first-order chi connectivity index (χ1) is 7.40. The van der Waals surface area contributed by atoms with E-state index in [-0.39, 0.29) is 16.1 Å². The van der Waals surface area contributed by atoms with Gasteiger partial charge in [0, 0.05) is 10.2 Å². The summed E-state index contributed by atoms with van der Waals surface area (Å²) in [6.45, 7) is 12.5. The SMILES string of the molecule is CCC(C)(S)CC(C)(C)COC(=O)C(C)(C)Br. The number of rotatable bonds is 6. The number of hydrogen-bond acceptors (Lipinski definition) is 3. The highest BCUT2D eigenvalue weighted by Crippen LogP contribution is 2.34. The number of hydrogen-bond donors (Lipinski definition) is 1. The quantitative estimate of drug-likeness (QED) is 0.450. The van der Waals surface area contributed by atoms with Crippen LogP contribution in [0.5, 0.6) is 0 Å². The Hall–Kier alpha value is 0.300. The first-order valence-electron chi connectivity index (χ1n) is 5.98. The maximum atomic E-state index is 11.7. The number of thiol groups is 1. The second-order valence-corrected chi connectivity index (χ2v) is 9.30. The van der Waals surface area contributed by atoms with Crippen LogP contribution in [0.15, 0.2) is 0 Å². The van der Waals surface area contributed by atoms with Gasteiger partial charge in [0.05, 0.1) is 6.61 Å². The van der Waals surface area contributed by atoms with Gasteiger partial charge in [0.1, 0.15) is 4.32 Å². The van der Waals surface area contributed by atoms with E-state index in [0.29, 0.717) is 6.61 Å². The van der Waals surface area contributed by atoms with E-state index in [1.165, 1.54) is 0 Å². The molecule has 0 saturated heterocycles. The van der Waals surface area contributed by atoms with Gasteiger partial charge in [-0.25, -0.2) is 0 Å². The molecule has 2 nitrogen and oxygen atoms in total. The Morgan fingerprint density at radius 1 is 1.24 bits per heavy atom. The molecule has 0 rings (SSSR count). The largest absolute Gasteiger partial charge is 0.464 e. The van der Waals surface area contributed by atoms with Gasteiger partial charge in [-0.05, 0) is 26.7 Å². The van der Waals surface area contributed by atoms with Crippen LogP contribution in [0.25, 0.3) is 0 Å². The minimum absolute atomic E-state index is 0.0141. The minimum Gasteiger partial charge on any atom is -0.464 e. The second-order valence-electron chi connectivity index (χ2n) is 6.24. The molecule has 0 radical (unpaired) electrons. The zero-order valence-corrected chi connectivity index (χ0v) is 14.2. The Labute approximate surface area is 119 Å². The average molecular weight is 325 g/mol. The molecule has 0 amide bonds. The molecule has 0 aromatic heterocycles.